The zero-order valence-electron chi connectivity index (χ0n) is 16.0. The third-order valence-corrected chi connectivity index (χ3v) is 6.05. The molecular weight excluding hydrogens is 340 g/mol. The van der Waals surface area contributed by atoms with Crippen LogP contribution in [0.5, 0.6) is 0 Å². The normalized spacial score (nSPS) is 24.4. The maximum Gasteiger partial charge on any atom is 0.305 e. The maximum atomic E-state index is 12.6. The van der Waals surface area contributed by atoms with Gasteiger partial charge >= 0.3 is 5.97 Å². The molecule has 3 rings (SSSR count). The first-order valence-corrected chi connectivity index (χ1v) is 9.98. The van der Waals surface area contributed by atoms with E-state index in [0.29, 0.717) is 12.3 Å². The highest BCUT2D eigenvalue weighted by Crippen LogP contribution is 2.29. The standard InChI is InChI=1S/C22H28N2O3/c1-27-21(25)11-5-15-3-9-20(10-4-15)24-22(26)19-8-7-17-12-16(14-23)2-6-18(17)13-19/h7-8,13,15-16,20H,2-6,9-12H2,1H3,(H,24,26)/t15-,16?,20-. The Balaban J connectivity index is 1.49. The van der Waals surface area contributed by atoms with Crippen molar-refractivity contribution in [2.75, 3.05) is 7.11 Å². The van der Waals surface area contributed by atoms with Crippen molar-refractivity contribution >= 4 is 11.9 Å². The molecule has 27 heavy (non-hydrogen) atoms. The van der Waals surface area contributed by atoms with E-state index in [1.54, 1.807) is 0 Å². The summed E-state index contributed by atoms with van der Waals surface area (Å²) in [5.74, 6) is 0.512. The van der Waals surface area contributed by atoms with Crippen molar-refractivity contribution in [2.45, 2.75) is 63.8 Å². The molecule has 0 aliphatic heterocycles. The highest BCUT2D eigenvalue weighted by atomic mass is 16.5. The van der Waals surface area contributed by atoms with Crippen molar-refractivity contribution in [3.8, 4) is 6.07 Å². The molecule has 5 heteroatoms. The van der Waals surface area contributed by atoms with Gasteiger partial charge < -0.3 is 10.1 Å². The van der Waals surface area contributed by atoms with Gasteiger partial charge in [0.2, 0.25) is 0 Å². The van der Waals surface area contributed by atoms with Gasteiger partial charge in [-0.25, -0.2) is 0 Å². The first kappa shape index (κ1) is 19.4. The van der Waals surface area contributed by atoms with Crippen molar-refractivity contribution in [3.63, 3.8) is 0 Å². The molecule has 0 saturated heterocycles. The zero-order valence-corrected chi connectivity index (χ0v) is 16.0. The van der Waals surface area contributed by atoms with Gasteiger partial charge in [-0.2, -0.15) is 5.26 Å². The topological polar surface area (TPSA) is 79.2 Å². The van der Waals surface area contributed by atoms with E-state index in [0.717, 1.165) is 56.9 Å². The zero-order chi connectivity index (χ0) is 19.2. The Hall–Kier alpha value is -2.35. The average molecular weight is 368 g/mol. The Kier molecular flexibility index (Phi) is 6.49. The first-order valence-electron chi connectivity index (χ1n) is 9.98. The molecule has 0 spiro atoms. The molecule has 1 aromatic rings. The number of benzene rings is 1. The molecule has 1 fully saturated rings. The molecule has 0 bridgehead atoms. The number of fused-ring (bicyclic) bond motifs is 1. The van der Waals surface area contributed by atoms with Crippen LogP contribution in [0.1, 0.15) is 66.4 Å². The Bertz CT molecular complexity index is 730. The van der Waals surface area contributed by atoms with Gasteiger partial charge in [-0.1, -0.05) is 6.07 Å². The number of amides is 1. The summed E-state index contributed by atoms with van der Waals surface area (Å²) in [5, 5.41) is 12.3. The van der Waals surface area contributed by atoms with E-state index < -0.39 is 0 Å². The summed E-state index contributed by atoms with van der Waals surface area (Å²) in [4.78, 5) is 23.9. The van der Waals surface area contributed by atoms with Crippen LogP contribution < -0.4 is 5.32 Å². The minimum Gasteiger partial charge on any atom is -0.469 e. The molecule has 144 valence electrons. The van der Waals surface area contributed by atoms with E-state index in [9.17, 15) is 9.59 Å². The van der Waals surface area contributed by atoms with Crippen LogP contribution in [-0.2, 0) is 22.4 Å². The maximum absolute atomic E-state index is 12.6. The van der Waals surface area contributed by atoms with Gasteiger partial charge in [0, 0.05) is 18.0 Å². The van der Waals surface area contributed by atoms with E-state index in [1.165, 1.54) is 18.2 Å². The van der Waals surface area contributed by atoms with Crippen molar-refractivity contribution in [1.29, 1.82) is 5.26 Å². The van der Waals surface area contributed by atoms with Crippen molar-refractivity contribution < 1.29 is 14.3 Å². The number of rotatable bonds is 5. The summed E-state index contributed by atoms with van der Waals surface area (Å²) in [6.45, 7) is 0. The fourth-order valence-electron chi connectivity index (χ4n) is 4.29. The minimum atomic E-state index is -0.140. The van der Waals surface area contributed by atoms with Gasteiger partial charge in [-0.05, 0) is 80.5 Å². The molecule has 1 aromatic carbocycles. The van der Waals surface area contributed by atoms with Gasteiger partial charge in [-0.15, -0.1) is 0 Å². The molecule has 5 nitrogen and oxygen atoms in total. The lowest BCUT2D eigenvalue weighted by Gasteiger charge is -2.29. The number of nitrogens with one attached hydrogen (secondary N) is 1. The number of nitriles is 1. The Morgan fingerprint density at radius 3 is 2.67 bits per heavy atom. The molecule has 1 atom stereocenters. The number of aryl methyl sites for hydroxylation is 1. The van der Waals surface area contributed by atoms with E-state index >= 15 is 0 Å². The molecule has 2 aliphatic carbocycles. The van der Waals surface area contributed by atoms with Gasteiger partial charge in [-0.3, -0.25) is 9.59 Å². The number of nitrogens with zero attached hydrogens (tertiary/aromatic N) is 1. The number of esters is 1. The van der Waals surface area contributed by atoms with Crippen molar-refractivity contribution in [2.24, 2.45) is 11.8 Å². The summed E-state index contributed by atoms with van der Waals surface area (Å²) in [7, 11) is 1.43. The SMILES string of the molecule is COC(=O)CC[C@H]1CC[C@H](NC(=O)c2ccc3c(c2)CCC(C#N)C3)CC1. The van der Waals surface area contributed by atoms with Crippen LogP contribution in [0, 0.1) is 23.2 Å². The molecule has 1 N–H and O–H groups in total. The van der Waals surface area contributed by atoms with E-state index in [-0.39, 0.29) is 23.8 Å². The number of carbonyl (C=O) groups excluding carboxylic acids is 2. The van der Waals surface area contributed by atoms with Crippen molar-refractivity contribution in [1.82, 2.24) is 5.32 Å². The monoisotopic (exact) mass is 368 g/mol. The quantitative estimate of drug-likeness (QED) is 0.806. The van der Waals surface area contributed by atoms with Gasteiger partial charge in [0.05, 0.1) is 19.1 Å². The number of hydrogen-bond acceptors (Lipinski definition) is 4. The van der Waals surface area contributed by atoms with Crippen LogP contribution in [0.2, 0.25) is 0 Å². The van der Waals surface area contributed by atoms with Gasteiger partial charge in [0.1, 0.15) is 0 Å². The lowest BCUT2D eigenvalue weighted by molar-refractivity contribution is -0.141. The number of hydrogen-bond donors (Lipinski definition) is 1. The Morgan fingerprint density at radius 2 is 1.96 bits per heavy atom. The van der Waals surface area contributed by atoms with Crippen LogP contribution in [0.3, 0.4) is 0 Å². The second-order valence-electron chi connectivity index (χ2n) is 7.86. The highest BCUT2D eigenvalue weighted by molar-refractivity contribution is 5.94. The van der Waals surface area contributed by atoms with E-state index in [4.69, 9.17) is 10.00 Å². The largest absolute Gasteiger partial charge is 0.469 e. The third-order valence-electron chi connectivity index (χ3n) is 6.05. The Labute approximate surface area is 161 Å². The fourth-order valence-corrected chi connectivity index (χ4v) is 4.29. The predicted octanol–water partition coefficient (Wildman–Crippen LogP) is 3.56. The summed E-state index contributed by atoms with van der Waals surface area (Å²) >= 11 is 0. The predicted molar refractivity (Wildman–Crippen MR) is 102 cm³/mol. The molecule has 1 saturated carbocycles. The molecular formula is C22H28N2O3. The fraction of sp³-hybridized carbons (Fsp3) is 0.591. The summed E-state index contributed by atoms with van der Waals surface area (Å²) in [6.07, 6.45) is 7.93. The minimum absolute atomic E-state index is 0.00165. The highest BCUT2D eigenvalue weighted by Gasteiger charge is 2.24. The summed E-state index contributed by atoms with van der Waals surface area (Å²) < 4.78 is 4.70. The van der Waals surface area contributed by atoms with Crippen LogP contribution >= 0.6 is 0 Å². The molecule has 1 unspecified atom stereocenters. The number of ether oxygens (including phenoxy) is 1. The smallest absolute Gasteiger partial charge is 0.305 e. The van der Waals surface area contributed by atoms with Gasteiger partial charge in [0.15, 0.2) is 0 Å². The summed E-state index contributed by atoms with van der Waals surface area (Å²) in [5.41, 5.74) is 3.13. The van der Waals surface area contributed by atoms with Crippen LogP contribution in [0.25, 0.3) is 0 Å². The first-order chi connectivity index (χ1) is 13.1. The van der Waals surface area contributed by atoms with E-state index in [2.05, 4.69) is 11.4 Å². The second-order valence-corrected chi connectivity index (χ2v) is 7.86. The van der Waals surface area contributed by atoms with Crippen LogP contribution in [0.4, 0.5) is 0 Å². The van der Waals surface area contributed by atoms with E-state index in [1.807, 2.05) is 18.2 Å². The van der Waals surface area contributed by atoms with Crippen LogP contribution in [-0.4, -0.2) is 25.0 Å². The second kappa shape index (κ2) is 9.03. The van der Waals surface area contributed by atoms with Crippen LogP contribution in [0.15, 0.2) is 18.2 Å². The number of methoxy groups -OCH3 is 1. The molecule has 0 heterocycles. The molecule has 1 amide bonds. The third kappa shape index (κ3) is 5.09. The average Bonchev–Trinajstić information content (AvgIpc) is 2.72. The molecule has 0 aromatic heterocycles. The lowest BCUT2D eigenvalue weighted by atomic mass is 9.83. The number of carbonyl (C=O) groups is 2. The summed E-state index contributed by atoms with van der Waals surface area (Å²) in [6, 6.07) is 8.46. The Morgan fingerprint density at radius 1 is 1.19 bits per heavy atom. The van der Waals surface area contributed by atoms with Gasteiger partial charge in [0.25, 0.3) is 5.91 Å². The molecule has 2 aliphatic rings. The lowest BCUT2D eigenvalue weighted by Crippen LogP contribution is -2.37. The molecule has 0 radical (unpaired) electrons. The van der Waals surface area contributed by atoms with Crippen molar-refractivity contribution in [3.05, 3.63) is 34.9 Å².